The lowest BCUT2D eigenvalue weighted by Gasteiger charge is -2.25. The summed E-state index contributed by atoms with van der Waals surface area (Å²) in [6.07, 6.45) is 0. The summed E-state index contributed by atoms with van der Waals surface area (Å²) < 4.78 is 39.7. The summed E-state index contributed by atoms with van der Waals surface area (Å²) in [7, 11) is 0. The molecule has 1 aliphatic heterocycles. The number of thioether (sulfide) groups is 1. The molecule has 0 radical (unpaired) electrons. The van der Waals surface area contributed by atoms with E-state index in [1.54, 1.807) is 0 Å². The summed E-state index contributed by atoms with van der Waals surface area (Å²) in [5.41, 5.74) is 0.781. The number of anilines is 1. The molecule has 1 amide bonds. The third kappa shape index (κ3) is 2.68. The van der Waals surface area contributed by atoms with Gasteiger partial charge in [-0.2, -0.15) is 0 Å². The number of halogens is 4. The molecular formula is C15H9ClF3NOS. The molecule has 1 aliphatic rings. The molecule has 22 heavy (non-hydrogen) atoms. The van der Waals surface area contributed by atoms with Gasteiger partial charge in [0, 0.05) is 0 Å². The molecule has 2 aromatic carbocycles. The lowest BCUT2D eigenvalue weighted by molar-refractivity contribution is -0.115. The second-order valence-corrected chi connectivity index (χ2v) is 6.17. The summed E-state index contributed by atoms with van der Waals surface area (Å²) in [6, 6.07) is 7.18. The molecule has 1 saturated heterocycles. The minimum atomic E-state index is -0.984. The Morgan fingerprint density at radius 3 is 2.55 bits per heavy atom. The largest absolute Gasteiger partial charge is 0.294 e. The van der Waals surface area contributed by atoms with Gasteiger partial charge >= 0.3 is 0 Å². The first-order valence-electron chi connectivity index (χ1n) is 6.31. The Kier molecular flexibility index (Phi) is 4.06. The van der Waals surface area contributed by atoms with Gasteiger partial charge < -0.3 is 0 Å². The molecule has 7 heteroatoms. The smallest absolute Gasteiger partial charge is 0.238 e. The van der Waals surface area contributed by atoms with Gasteiger partial charge in [-0.3, -0.25) is 9.69 Å². The first kappa shape index (κ1) is 15.2. The predicted molar refractivity (Wildman–Crippen MR) is 80.5 cm³/mol. The zero-order valence-corrected chi connectivity index (χ0v) is 12.6. The molecule has 114 valence electrons. The van der Waals surface area contributed by atoms with Crippen LogP contribution in [0.4, 0.5) is 18.9 Å². The van der Waals surface area contributed by atoms with Crippen LogP contribution in [-0.4, -0.2) is 11.7 Å². The molecule has 0 bridgehead atoms. The van der Waals surface area contributed by atoms with E-state index in [4.69, 9.17) is 11.6 Å². The number of carbonyl (C=O) groups is 1. The summed E-state index contributed by atoms with van der Waals surface area (Å²) in [5.74, 6) is -2.50. The monoisotopic (exact) mass is 343 g/mol. The van der Waals surface area contributed by atoms with E-state index in [0.717, 1.165) is 18.2 Å². The second-order valence-electron chi connectivity index (χ2n) is 4.70. The Bertz CT molecular complexity index is 756. The van der Waals surface area contributed by atoms with Crippen molar-refractivity contribution in [3.05, 3.63) is 64.4 Å². The zero-order chi connectivity index (χ0) is 15.9. The number of benzene rings is 2. The Labute approximate surface area is 133 Å². The number of rotatable bonds is 2. The first-order chi connectivity index (χ1) is 10.5. The average molecular weight is 344 g/mol. The molecule has 0 spiro atoms. The van der Waals surface area contributed by atoms with E-state index in [-0.39, 0.29) is 16.7 Å². The molecule has 0 aliphatic carbocycles. The minimum Gasteiger partial charge on any atom is -0.294 e. The molecule has 2 nitrogen and oxygen atoms in total. The van der Waals surface area contributed by atoms with Gasteiger partial charge in [0.2, 0.25) is 5.91 Å². The number of nitrogens with zero attached hydrogens (tertiary/aromatic N) is 1. The lowest BCUT2D eigenvalue weighted by atomic mass is 10.1. The van der Waals surface area contributed by atoms with Gasteiger partial charge in [-0.25, -0.2) is 13.2 Å². The number of carbonyl (C=O) groups excluding carboxylic acids is 1. The van der Waals surface area contributed by atoms with Crippen molar-refractivity contribution in [2.24, 2.45) is 0 Å². The fraction of sp³-hybridized carbons (Fsp3) is 0.133. The Hall–Kier alpha value is -1.66. The van der Waals surface area contributed by atoms with E-state index in [9.17, 15) is 18.0 Å². The molecule has 0 N–H and O–H groups in total. The Balaban J connectivity index is 2.03. The van der Waals surface area contributed by atoms with Gasteiger partial charge in [-0.1, -0.05) is 17.7 Å². The van der Waals surface area contributed by atoms with E-state index in [1.807, 2.05) is 0 Å². The summed E-state index contributed by atoms with van der Waals surface area (Å²) in [4.78, 5) is 13.5. The van der Waals surface area contributed by atoms with Gasteiger partial charge in [0.1, 0.15) is 11.2 Å². The van der Waals surface area contributed by atoms with Crippen molar-refractivity contribution < 1.29 is 18.0 Å². The van der Waals surface area contributed by atoms with Crippen LogP contribution in [0.1, 0.15) is 10.9 Å². The molecular weight excluding hydrogens is 335 g/mol. The second kappa shape index (κ2) is 5.85. The van der Waals surface area contributed by atoms with Crippen LogP contribution >= 0.6 is 23.4 Å². The van der Waals surface area contributed by atoms with Crippen LogP contribution in [0, 0.1) is 17.5 Å². The molecule has 0 saturated carbocycles. The maximum atomic E-state index is 13.4. The number of hydrogen-bond acceptors (Lipinski definition) is 2. The van der Waals surface area contributed by atoms with Crippen LogP contribution in [0.3, 0.4) is 0 Å². The average Bonchev–Trinajstić information content (AvgIpc) is 2.84. The third-order valence-corrected chi connectivity index (χ3v) is 4.78. The predicted octanol–water partition coefficient (Wildman–Crippen LogP) is 4.54. The van der Waals surface area contributed by atoms with E-state index >= 15 is 0 Å². The fourth-order valence-electron chi connectivity index (χ4n) is 2.27. The topological polar surface area (TPSA) is 20.3 Å². The molecule has 1 fully saturated rings. The van der Waals surface area contributed by atoms with Crippen molar-refractivity contribution >= 4 is 35.0 Å². The minimum absolute atomic E-state index is 0.0865. The van der Waals surface area contributed by atoms with Gasteiger partial charge in [0.25, 0.3) is 0 Å². The standard InChI is InChI=1S/C15H9ClF3NOS/c16-10-6-9(17)2-4-13(10)20-14(21)7-22-15(20)8-1-3-11(18)12(19)5-8/h1-6,15H,7H2. The highest BCUT2D eigenvalue weighted by Gasteiger charge is 2.35. The number of amides is 1. The zero-order valence-electron chi connectivity index (χ0n) is 11.0. The quantitative estimate of drug-likeness (QED) is 0.798. The molecule has 3 rings (SSSR count). The summed E-state index contributed by atoms with van der Waals surface area (Å²) in [5, 5.41) is -0.450. The van der Waals surface area contributed by atoms with Crippen LogP contribution < -0.4 is 4.90 Å². The lowest BCUT2D eigenvalue weighted by Crippen LogP contribution is -2.28. The van der Waals surface area contributed by atoms with Crippen LogP contribution in [0.25, 0.3) is 0 Å². The highest BCUT2D eigenvalue weighted by atomic mass is 35.5. The summed E-state index contributed by atoms with van der Waals surface area (Å²) in [6.45, 7) is 0. The van der Waals surface area contributed by atoms with Gasteiger partial charge in [-0.15, -0.1) is 11.8 Å². The normalized spacial score (nSPS) is 18.1. The van der Waals surface area contributed by atoms with Crippen molar-refractivity contribution in [1.82, 2.24) is 0 Å². The SMILES string of the molecule is O=C1CSC(c2ccc(F)c(F)c2)N1c1ccc(F)cc1Cl. The van der Waals surface area contributed by atoms with Crippen molar-refractivity contribution in [1.29, 1.82) is 0 Å². The van der Waals surface area contributed by atoms with Crippen molar-refractivity contribution in [2.75, 3.05) is 10.7 Å². The maximum Gasteiger partial charge on any atom is 0.238 e. The Morgan fingerprint density at radius 1 is 1.09 bits per heavy atom. The van der Waals surface area contributed by atoms with E-state index < -0.39 is 22.8 Å². The van der Waals surface area contributed by atoms with Crippen LogP contribution in [-0.2, 0) is 4.79 Å². The molecule has 0 aromatic heterocycles. The summed E-state index contributed by atoms with van der Waals surface area (Å²) >= 11 is 7.28. The highest BCUT2D eigenvalue weighted by molar-refractivity contribution is 8.00. The van der Waals surface area contributed by atoms with Crippen molar-refractivity contribution in [2.45, 2.75) is 5.37 Å². The van der Waals surface area contributed by atoms with Gasteiger partial charge in [0.15, 0.2) is 11.6 Å². The fourth-order valence-corrected chi connectivity index (χ4v) is 3.69. The highest BCUT2D eigenvalue weighted by Crippen LogP contribution is 2.44. The molecule has 1 heterocycles. The molecule has 1 unspecified atom stereocenters. The van der Waals surface area contributed by atoms with Crippen LogP contribution in [0.2, 0.25) is 5.02 Å². The molecule has 1 atom stereocenters. The van der Waals surface area contributed by atoms with Crippen molar-refractivity contribution in [3.63, 3.8) is 0 Å². The van der Waals surface area contributed by atoms with Crippen molar-refractivity contribution in [3.8, 4) is 0 Å². The van der Waals surface area contributed by atoms with E-state index in [2.05, 4.69) is 0 Å². The van der Waals surface area contributed by atoms with Crippen LogP contribution in [0.15, 0.2) is 36.4 Å². The van der Waals surface area contributed by atoms with E-state index in [1.165, 1.54) is 34.9 Å². The van der Waals surface area contributed by atoms with Gasteiger partial charge in [-0.05, 0) is 35.9 Å². The Morgan fingerprint density at radius 2 is 1.86 bits per heavy atom. The number of hydrogen-bond donors (Lipinski definition) is 0. The van der Waals surface area contributed by atoms with Crippen LogP contribution in [0.5, 0.6) is 0 Å². The maximum absolute atomic E-state index is 13.4. The molecule has 2 aromatic rings. The first-order valence-corrected chi connectivity index (χ1v) is 7.73. The van der Waals surface area contributed by atoms with E-state index in [0.29, 0.717) is 11.3 Å². The third-order valence-electron chi connectivity index (χ3n) is 3.27. The van der Waals surface area contributed by atoms with Gasteiger partial charge in [0.05, 0.1) is 16.5 Å².